The molecule has 70 valence electrons. The van der Waals surface area contributed by atoms with E-state index in [4.69, 9.17) is 0 Å². The first-order chi connectivity index (χ1) is 5.66. The molecule has 2 nitrogen and oxygen atoms in total. The van der Waals surface area contributed by atoms with Crippen LogP contribution in [0.1, 0.15) is 40.0 Å². The molecule has 1 N–H and O–H groups in total. The Balaban J connectivity index is 3.43. The maximum atomic E-state index is 10.6. The van der Waals surface area contributed by atoms with Gasteiger partial charge in [0.1, 0.15) is 0 Å². The SMILES string of the molecule is CCCCCN/C(C)=C\C(C)=O. The summed E-state index contributed by atoms with van der Waals surface area (Å²) < 4.78 is 0. The standard InChI is InChI=1S/C10H19NO/c1-4-5-6-7-11-9(2)8-10(3)12/h8,11H,4-7H2,1-3H3/b9-8-. The van der Waals surface area contributed by atoms with Gasteiger partial charge < -0.3 is 5.32 Å². The molecule has 0 aromatic heterocycles. The average molecular weight is 169 g/mol. The van der Waals surface area contributed by atoms with Gasteiger partial charge in [-0.15, -0.1) is 0 Å². The number of ketones is 1. The summed E-state index contributed by atoms with van der Waals surface area (Å²) in [6, 6.07) is 0. The molecule has 0 atom stereocenters. The second-order valence-corrected chi connectivity index (χ2v) is 3.07. The van der Waals surface area contributed by atoms with Crippen molar-refractivity contribution in [1.82, 2.24) is 5.32 Å². The lowest BCUT2D eigenvalue weighted by atomic mass is 10.2. The van der Waals surface area contributed by atoms with E-state index in [1.807, 2.05) is 6.92 Å². The minimum atomic E-state index is 0.107. The molecule has 0 amide bonds. The Morgan fingerprint density at radius 2 is 2.00 bits per heavy atom. The fourth-order valence-corrected chi connectivity index (χ4v) is 1.02. The first kappa shape index (κ1) is 11.2. The number of hydrogen-bond acceptors (Lipinski definition) is 2. The second kappa shape index (κ2) is 6.89. The van der Waals surface area contributed by atoms with Gasteiger partial charge in [-0.3, -0.25) is 4.79 Å². The third kappa shape index (κ3) is 7.32. The minimum absolute atomic E-state index is 0.107. The Morgan fingerprint density at radius 3 is 2.50 bits per heavy atom. The Kier molecular flexibility index (Phi) is 6.44. The highest BCUT2D eigenvalue weighted by atomic mass is 16.1. The van der Waals surface area contributed by atoms with Crippen molar-refractivity contribution >= 4 is 5.78 Å². The van der Waals surface area contributed by atoms with E-state index < -0.39 is 0 Å². The molecule has 2 heteroatoms. The van der Waals surface area contributed by atoms with Gasteiger partial charge in [-0.2, -0.15) is 0 Å². The molecular formula is C10H19NO. The Labute approximate surface area is 75.0 Å². The van der Waals surface area contributed by atoms with Crippen LogP contribution in [0.15, 0.2) is 11.8 Å². The molecular weight excluding hydrogens is 150 g/mol. The summed E-state index contributed by atoms with van der Waals surface area (Å²) in [5.74, 6) is 0.107. The van der Waals surface area contributed by atoms with Crippen molar-refractivity contribution in [1.29, 1.82) is 0 Å². The summed E-state index contributed by atoms with van der Waals surface area (Å²) in [6.45, 7) is 6.65. The lowest BCUT2D eigenvalue weighted by Gasteiger charge is -2.04. The van der Waals surface area contributed by atoms with E-state index in [0.29, 0.717) is 0 Å². The van der Waals surface area contributed by atoms with Crippen LogP contribution in [0.4, 0.5) is 0 Å². The van der Waals surface area contributed by atoms with Crippen LogP contribution in [0.2, 0.25) is 0 Å². The maximum absolute atomic E-state index is 10.6. The fraction of sp³-hybridized carbons (Fsp3) is 0.700. The van der Waals surface area contributed by atoms with E-state index in [9.17, 15) is 4.79 Å². The smallest absolute Gasteiger partial charge is 0.154 e. The van der Waals surface area contributed by atoms with Crippen molar-refractivity contribution in [2.45, 2.75) is 40.0 Å². The van der Waals surface area contributed by atoms with Crippen LogP contribution < -0.4 is 5.32 Å². The van der Waals surface area contributed by atoms with Crippen molar-refractivity contribution in [2.24, 2.45) is 0 Å². The summed E-state index contributed by atoms with van der Waals surface area (Å²) >= 11 is 0. The molecule has 0 unspecified atom stereocenters. The zero-order chi connectivity index (χ0) is 9.40. The molecule has 0 aliphatic rings. The molecule has 12 heavy (non-hydrogen) atoms. The van der Waals surface area contributed by atoms with Crippen molar-refractivity contribution in [3.8, 4) is 0 Å². The molecule has 0 heterocycles. The third-order valence-electron chi connectivity index (χ3n) is 1.60. The van der Waals surface area contributed by atoms with Gasteiger partial charge in [0.05, 0.1) is 0 Å². The molecule has 0 saturated carbocycles. The van der Waals surface area contributed by atoms with Gasteiger partial charge in [0, 0.05) is 12.2 Å². The highest BCUT2D eigenvalue weighted by Gasteiger charge is 1.90. The van der Waals surface area contributed by atoms with E-state index >= 15 is 0 Å². The first-order valence-corrected chi connectivity index (χ1v) is 4.59. The monoisotopic (exact) mass is 169 g/mol. The van der Waals surface area contributed by atoms with Gasteiger partial charge >= 0.3 is 0 Å². The molecule has 0 rings (SSSR count). The summed E-state index contributed by atoms with van der Waals surface area (Å²) in [4.78, 5) is 10.6. The summed E-state index contributed by atoms with van der Waals surface area (Å²) in [5.41, 5.74) is 0.971. The normalized spacial score (nSPS) is 11.4. The average Bonchev–Trinajstić information content (AvgIpc) is 1.97. The van der Waals surface area contributed by atoms with Crippen LogP contribution in [0.5, 0.6) is 0 Å². The lowest BCUT2D eigenvalue weighted by Crippen LogP contribution is -2.13. The molecule has 0 aliphatic heterocycles. The van der Waals surface area contributed by atoms with Gasteiger partial charge in [0.15, 0.2) is 5.78 Å². The Morgan fingerprint density at radius 1 is 1.33 bits per heavy atom. The van der Waals surface area contributed by atoms with Gasteiger partial charge in [0.2, 0.25) is 0 Å². The third-order valence-corrected chi connectivity index (χ3v) is 1.60. The zero-order valence-corrected chi connectivity index (χ0v) is 8.31. The van der Waals surface area contributed by atoms with E-state index in [0.717, 1.165) is 12.2 Å². The fourth-order valence-electron chi connectivity index (χ4n) is 1.02. The van der Waals surface area contributed by atoms with E-state index in [1.54, 1.807) is 13.0 Å². The van der Waals surface area contributed by atoms with Gasteiger partial charge in [0.25, 0.3) is 0 Å². The van der Waals surface area contributed by atoms with Crippen molar-refractivity contribution in [2.75, 3.05) is 6.54 Å². The largest absolute Gasteiger partial charge is 0.388 e. The number of carbonyl (C=O) groups is 1. The number of rotatable bonds is 6. The highest BCUT2D eigenvalue weighted by Crippen LogP contribution is 1.93. The van der Waals surface area contributed by atoms with Crippen LogP contribution in [0.3, 0.4) is 0 Å². The predicted molar refractivity (Wildman–Crippen MR) is 52.0 cm³/mol. The van der Waals surface area contributed by atoms with Crippen LogP contribution in [0, 0.1) is 0 Å². The molecule has 0 bridgehead atoms. The van der Waals surface area contributed by atoms with Crippen LogP contribution in [0.25, 0.3) is 0 Å². The topological polar surface area (TPSA) is 29.1 Å². The zero-order valence-electron chi connectivity index (χ0n) is 8.31. The Bertz CT molecular complexity index is 161. The molecule has 0 radical (unpaired) electrons. The number of unbranched alkanes of at least 4 members (excludes halogenated alkanes) is 2. The molecule has 0 aromatic carbocycles. The van der Waals surface area contributed by atoms with E-state index in [2.05, 4.69) is 12.2 Å². The maximum Gasteiger partial charge on any atom is 0.154 e. The van der Waals surface area contributed by atoms with Gasteiger partial charge in [-0.05, 0) is 26.3 Å². The van der Waals surface area contributed by atoms with Crippen LogP contribution in [-0.4, -0.2) is 12.3 Å². The van der Waals surface area contributed by atoms with Crippen LogP contribution in [-0.2, 0) is 4.79 Å². The predicted octanol–water partition coefficient (Wildman–Crippen LogP) is 2.26. The first-order valence-electron chi connectivity index (χ1n) is 4.59. The van der Waals surface area contributed by atoms with Crippen LogP contribution >= 0.6 is 0 Å². The second-order valence-electron chi connectivity index (χ2n) is 3.07. The summed E-state index contributed by atoms with van der Waals surface area (Å²) in [6.07, 6.45) is 5.29. The summed E-state index contributed by atoms with van der Waals surface area (Å²) in [7, 11) is 0. The number of allylic oxidation sites excluding steroid dienone is 2. The molecule has 0 spiro atoms. The highest BCUT2D eigenvalue weighted by molar-refractivity contribution is 5.87. The molecule has 0 aliphatic carbocycles. The Hall–Kier alpha value is -0.790. The van der Waals surface area contributed by atoms with Crippen molar-refractivity contribution in [3.05, 3.63) is 11.8 Å². The number of nitrogens with one attached hydrogen (secondary N) is 1. The molecule has 0 saturated heterocycles. The summed E-state index contributed by atoms with van der Waals surface area (Å²) in [5, 5.41) is 3.19. The quantitative estimate of drug-likeness (QED) is 0.488. The minimum Gasteiger partial charge on any atom is -0.388 e. The number of carbonyl (C=O) groups excluding carboxylic acids is 1. The number of hydrogen-bond donors (Lipinski definition) is 1. The van der Waals surface area contributed by atoms with Gasteiger partial charge in [-0.1, -0.05) is 19.8 Å². The van der Waals surface area contributed by atoms with Gasteiger partial charge in [-0.25, -0.2) is 0 Å². The molecule has 0 fully saturated rings. The van der Waals surface area contributed by atoms with E-state index in [1.165, 1.54) is 19.3 Å². The lowest BCUT2D eigenvalue weighted by molar-refractivity contribution is -0.112. The van der Waals surface area contributed by atoms with E-state index in [-0.39, 0.29) is 5.78 Å². The van der Waals surface area contributed by atoms with Crippen molar-refractivity contribution < 1.29 is 4.79 Å². The molecule has 0 aromatic rings. The van der Waals surface area contributed by atoms with Crippen molar-refractivity contribution in [3.63, 3.8) is 0 Å².